The van der Waals surface area contributed by atoms with Gasteiger partial charge in [-0.15, -0.1) is 0 Å². The summed E-state index contributed by atoms with van der Waals surface area (Å²) in [7, 11) is 0. The van der Waals surface area contributed by atoms with Crippen LogP contribution in [0.15, 0.2) is 24.4 Å². The van der Waals surface area contributed by atoms with Gasteiger partial charge in [0, 0.05) is 35.1 Å². The zero-order valence-electron chi connectivity index (χ0n) is 20.3. The van der Waals surface area contributed by atoms with Crippen molar-refractivity contribution in [2.45, 2.75) is 51.0 Å². The summed E-state index contributed by atoms with van der Waals surface area (Å²) >= 11 is 4.60. The van der Waals surface area contributed by atoms with Gasteiger partial charge in [0.1, 0.15) is 22.2 Å². The largest absolute Gasteiger partial charge is 0.492 e. The first-order chi connectivity index (χ1) is 17.1. The number of fused-ring (bicyclic) bond motifs is 1. The number of hydrogen-bond donors (Lipinski definition) is 5. The second kappa shape index (κ2) is 10.5. The summed E-state index contributed by atoms with van der Waals surface area (Å²) in [6.07, 6.45) is 2.26. The van der Waals surface area contributed by atoms with Gasteiger partial charge >= 0.3 is 0 Å². The number of aryl methyl sites for hydroxylation is 1. The van der Waals surface area contributed by atoms with Crippen LogP contribution in [0.3, 0.4) is 0 Å². The van der Waals surface area contributed by atoms with E-state index in [4.69, 9.17) is 5.41 Å². The molecule has 1 aliphatic heterocycles. The molecule has 3 unspecified atom stereocenters. The highest BCUT2D eigenvalue weighted by Crippen LogP contribution is 2.39. The molecule has 4 rings (SSSR count). The molecular weight excluding hydrogens is 546 g/mol. The summed E-state index contributed by atoms with van der Waals surface area (Å²) in [6.45, 7) is 7.53. The zero-order chi connectivity index (χ0) is 26.1. The van der Waals surface area contributed by atoms with E-state index in [2.05, 4.69) is 40.9 Å². The first-order valence-corrected chi connectivity index (χ1v) is 13.2. The fourth-order valence-electron chi connectivity index (χ4n) is 4.24. The van der Waals surface area contributed by atoms with Crippen molar-refractivity contribution < 1.29 is 15.0 Å². The standard InChI is InChI=1S/C24H28BrN7O3S/c1-11-7-17-16(20(28-11)14(4)25)8-13(3)32(17)24(35)15-5-6-27-18(9-15)30-23-19(22(34)31-36-23)21(26)29-12(2)10-33/h5-7,9,12-14,33H,8,10H2,1-4H3,(H2,26,29)(H,27,30)(H,31,34). The van der Waals surface area contributed by atoms with Crippen molar-refractivity contribution in [2.24, 2.45) is 0 Å². The number of carbonyl (C=O) groups excluding carboxylic acids is 1. The third-order valence-electron chi connectivity index (χ3n) is 5.89. The van der Waals surface area contributed by atoms with Crippen LogP contribution in [0.25, 0.3) is 0 Å². The Morgan fingerprint density at radius 3 is 2.83 bits per heavy atom. The summed E-state index contributed by atoms with van der Waals surface area (Å²) in [5.74, 6) is -0.160. The molecule has 0 aromatic carbocycles. The molecule has 0 aliphatic carbocycles. The van der Waals surface area contributed by atoms with Gasteiger partial charge in [-0.1, -0.05) is 15.9 Å². The number of halogens is 1. The smallest absolute Gasteiger partial charge is 0.258 e. The highest BCUT2D eigenvalue weighted by atomic mass is 79.9. The molecule has 1 aliphatic rings. The minimum atomic E-state index is -0.374. The molecule has 0 bridgehead atoms. The third kappa shape index (κ3) is 5.06. The van der Waals surface area contributed by atoms with Gasteiger partial charge in [0.15, 0.2) is 0 Å². The van der Waals surface area contributed by atoms with Gasteiger partial charge in [-0.2, -0.15) is 4.37 Å². The van der Waals surface area contributed by atoms with Gasteiger partial charge < -0.3 is 25.7 Å². The van der Waals surface area contributed by atoms with Crippen LogP contribution >= 0.6 is 27.5 Å². The number of nitrogens with zero attached hydrogens (tertiary/aromatic N) is 4. The van der Waals surface area contributed by atoms with E-state index in [9.17, 15) is 15.0 Å². The van der Waals surface area contributed by atoms with Crippen LogP contribution < -0.4 is 15.5 Å². The number of aliphatic hydroxyl groups is 1. The lowest BCUT2D eigenvalue weighted by Crippen LogP contribution is -2.35. The molecule has 3 aromatic heterocycles. The van der Waals surface area contributed by atoms with Gasteiger partial charge in [0.2, 0.25) is 5.88 Å². The van der Waals surface area contributed by atoms with Crippen molar-refractivity contribution in [3.63, 3.8) is 0 Å². The monoisotopic (exact) mass is 573 g/mol. The van der Waals surface area contributed by atoms with Crippen LogP contribution in [-0.2, 0) is 6.42 Å². The molecule has 0 spiro atoms. The quantitative estimate of drug-likeness (QED) is 0.161. The number of aromatic nitrogens is 3. The number of nitrogens with one attached hydrogen (secondary N) is 3. The van der Waals surface area contributed by atoms with E-state index in [1.807, 2.05) is 31.7 Å². The number of aromatic hydroxyl groups is 1. The summed E-state index contributed by atoms with van der Waals surface area (Å²) < 4.78 is 3.93. The number of aliphatic hydroxyl groups excluding tert-OH is 1. The van der Waals surface area contributed by atoms with E-state index in [0.29, 0.717) is 16.4 Å². The molecule has 3 atom stereocenters. The Hall–Kier alpha value is -3.09. The lowest BCUT2D eigenvalue weighted by atomic mass is 10.1. The molecular formula is C24H28BrN7O3S. The number of carbonyl (C=O) groups is 1. The van der Waals surface area contributed by atoms with E-state index < -0.39 is 0 Å². The average molecular weight is 575 g/mol. The maximum atomic E-state index is 13.7. The SMILES string of the molecule is Cc1cc2c(c(C(C)Br)n1)CC(C)N2C(=O)c1ccnc(Nc2snc(O)c2C(=N)NC(C)CO)c1. The lowest BCUT2D eigenvalue weighted by molar-refractivity contribution is 0.0981. The number of amides is 1. The second-order valence-electron chi connectivity index (χ2n) is 8.86. The van der Waals surface area contributed by atoms with Gasteiger partial charge in [0.25, 0.3) is 5.91 Å². The summed E-state index contributed by atoms with van der Waals surface area (Å²) in [5, 5.41) is 34.0. The topological polar surface area (TPSA) is 147 Å². The van der Waals surface area contributed by atoms with Crippen molar-refractivity contribution >= 4 is 55.7 Å². The van der Waals surface area contributed by atoms with Gasteiger partial charge in [0.05, 0.1) is 22.8 Å². The minimum absolute atomic E-state index is 0.0317. The summed E-state index contributed by atoms with van der Waals surface area (Å²) in [4.78, 5) is 24.6. The fraction of sp³-hybridized carbons (Fsp3) is 0.375. The number of hydrogen-bond acceptors (Lipinski definition) is 9. The molecule has 0 saturated carbocycles. The van der Waals surface area contributed by atoms with Crippen LogP contribution in [-0.4, -0.2) is 55.0 Å². The maximum absolute atomic E-state index is 13.7. The van der Waals surface area contributed by atoms with Crippen LogP contribution in [0.4, 0.5) is 16.5 Å². The normalized spacial score (nSPS) is 16.4. The summed E-state index contributed by atoms with van der Waals surface area (Å²) in [6, 6.07) is 4.85. The molecule has 0 saturated heterocycles. The highest BCUT2D eigenvalue weighted by molar-refractivity contribution is 9.09. The Kier molecular flexibility index (Phi) is 7.57. The number of amidine groups is 1. The molecule has 36 heavy (non-hydrogen) atoms. The van der Waals surface area contributed by atoms with Crippen molar-refractivity contribution in [3.8, 4) is 5.88 Å². The predicted octanol–water partition coefficient (Wildman–Crippen LogP) is 4.03. The molecule has 1 amide bonds. The Bertz CT molecular complexity index is 1310. The lowest BCUT2D eigenvalue weighted by Gasteiger charge is -2.23. The molecule has 0 fully saturated rings. The van der Waals surface area contributed by atoms with E-state index in [1.165, 1.54) is 0 Å². The van der Waals surface area contributed by atoms with E-state index in [1.54, 1.807) is 25.3 Å². The molecule has 12 heteroatoms. The zero-order valence-corrected chi connectivity index (χ0v) is 22.7. The Labute approximate surface area is 221 Å². The number of rotatable bonds is 7. The van der Waals surface area contributed by atoms with Crippen molar-refractivity contribution in [3.05, 3.63) is 52.5 Å². The van der Waals surface area contributed by atoms with Gasteiger partial charge in [-0.25, -0.2) is 4.98 Å². The van der Waals surface area contributed by atoms with Crippen molar-refractivity contribution in [2.75, 3.05) is 16.8 Å². The first kappa shape index (κ1) is 26.0. The van der Waals surface area contributed by atoms with Crippen LogP contribution in [0.2, 0.25) is 0 Å². The van der Waals surface area contributed by atoms with Crippen molar-refractivity contribution in [1.82, 2.24) is 19.7 Å². The Balaban J connectivity index is 1.62. The van der Waals surface area contributed by atoms with Crippen molar-refractivity contribution in [1.29, 1.82) is 5.41 Å². The fourth-order valence-corrected chi connectivity index (χ4v) is 5.32. The minimum Gasteiger partial charge on any atom is -0.492 e. The molecule has 4 heterocycles. The first-order valence-electron chi connectivity index (χ1n) is 11.5. The van der Waals surface area contributed by atoms with E-state index >= 15 is 0 Å². The Morgan fingerprint density at radius 2 is 2.14 bits per heavy atom. The number of alkyl halides is 1. The molecule has 190 valence electrons. The van der Waals surface area contributed by atoms with Crippen LogP contribution in [0.5, 0.6) is 5.88 Å². The van der Waals surface area contributed by atoms with Gasteiger partial charge in [-0.3, -0.25) is 15.2 Å². The third-order valence-corrected chi connectivity index (χ3v) is 7.08. The average Bonchev–Trinajstić information content (AvgIpc) is 3.36. The van der Waals surface area contributed by atoms with Gasteiger partial charge in [-0.05, 0) is 63.8 Å². The molecule has 3 aromatic rings. The molecule has 5 N–H and O–H groups in total. The second-order valence-corrected chi connectivity index (χ2v) is 11.0. The number of anilines is 3. The number of pyridine rings is 2. The molecule has 0 radical (unpaired) electrons. The van der Waals surface area contributed by atoms with E-state index in [-0.39, 0.29) is 46.7 Å². The predicted molar refractivity (Wildman–Crippen MR) is 144 cm³/mol. The van der Waals surface area contributed by atoms with Crippen LogP contribution in [0.1, 0.15) is 58.5 Å². The Morgan fingerprint density at radius 1 is 1.39 bits per heavy atom. The van der Waals surface area contributed by atoms with E-state index in [0.717, 1.165) is 40.6 Å². The van der Waals surface area contributed by atoms with Crippen LogP contribution in [0, 0.1) is 12.3 Å². The molecule has 10 nitrogen and oxygen atoms in total. The highest BCUT2D eigenvalue weighted by Gasteiger charge is 2.35. The summed E-state index contributed by atoms with van der Waals surface area (Å²) in [5.41, 5.74) is 4.37. The maximum Gasteiger partial charge on any atom is 0.258 e.